The zero-order chi connectivity index (χ0) is 20.2. The van der Waals surface area contributed by atoms with E-state index >= 15 is 0 Å². The highest BCUT2D eigenvalue weighted by molar-refractivity contribution is 5.82. The summed E-state index contributed by atoms with van der Waals surface area (Å²) in [7, 11) is 0. The molecule has 3 heterocycles. The van der Waals surface area contributed by atoms with Gasteiger partial charge in [0.1, 0.15) is 11.6 Å². The van der Waals surface area contributed by atoms with E-state index in [4.69, 9.17) is 9.72 Å². The lowest BCUT2D eigenvalue weighted by Crippen LogP contribution is -2.14. The van der Waals surface area contributed by atoms with Crippen LogP contribution in [0.5, 0.6) is 0 Å². The summed E-state index contributed by atoms with van der Waals surface area (Å²) in [6.45, 7) is 5.19. The molecule has 1 N–H and O–H groups in total. The highest BCUT2D eigenvalue weighted by Crippen LogP contribution is 2.27. The van der Waals surface area contributed by atoms with E-state index < -0.39 is 0 Å². The molecule has 3 aromatic heterocycles. The fourth-order valence-electron chi connectivity index (χ4n) is 2.96. The smallest absolute Gasteiger partial charge is 0.222 e. The first-order chi connectivity index (χ1) is 14.1. The molecular weight excluding hydrogens is 371 g/mol. The third-order valence-corrected chi connectivity index (χ3v) is 4.29. The Balaban J connectivity index is 1.65. The molecule has 0 aliphatic rings. The Morgan fingerprint density at radius 2 is 1.83 bits per heavy atom. The number of hydrogen-bond acceptors (Lipinski definition) is 6. The van der Waals surface area contributed by atoms with Crippen LogP contribution in [0.15, 0.2) is 55.1 Å². The summed E-state index contributed by atoms with van der Waals surface area (Å²) in [5.41, 5.74) is 3.13. The molecule has 0 spiro atoms. The summed E-state index contributed by atoms with van der Waals surface area (Å²) in [6.07, 6.45) is 7.05. The summed E-state index contributed by atoms with van der Waals surface area (Å²) < 4.78 is 20.8. The van der Waals surface area contributed by atoms with Crippen LogP contribution in [0.1, 0.15) is 13.8 Å². The largest absolute Gasteiger partial charge is 0.377 e. The van der Waals surface area contributed by atoms with Crippen molar-refractivity contribution in [3.63, 3.8) is 0 Å². The molecule has 1 aromatic carbocycles. The fraction of sp³-hybridized carbons (Fsp3) is 0.238. The minimum Gasteiger partial charge on any atom is -0.377 e. The second-order valence-corrected chi connectivity index (χ2v) is 6.75. The van der Waals surface area contributed by atoms with Gasteiger partial charge in [0.05, 0.1) is 35.5 Å². The second kappa shape index (κ2) is 8.32. The molecule has 0 fully saturated rings. The van der Waals surface area contributed by atoms with Gasteiger partial charge in [0, 0.05) is 30.8 Å². The van der Waals surface area contributed by atoms with E-state index in [0.717, 1.165) is 22.3 Å². The number of nitrogens with zero attached hydrogens (tertiary/aromatic N) is 5. The topological polar surface area (TPSA) is 77.8 Å². The number of fused-ring (bicyclic) bond motifs is 1. The zero-order valence-corrected chi connectivity index (χ0v) is 16.2. The van der Waals surface area contributed by atoms with Gasteiger partial charge in [0.25, 0.3) is 0 Å². The number of benzene rings is 1. The molecule has 7 nitrogen and oxygen atoms in total. The van der Waals surface area contributed by atoms with Crippen molar-refractivity contribution in [3.8, 4) is 17.1 Å². The first-order valence-corrected chi connectivity index (χ1v) is 9.38. The molecule has 0 atom stereocenters. The molecule has 0 unspecified atom stereocenters. The molecule has 0 saturated heterocycles. The molecule has 0 bridgehead atoms. The van der Waals surface area contributed by atoms with Crippen molar-refractivity contribution in [2.75, 3.05) is 18.5 Å². The van der Waals surface area contributed by atoms with E-state index in [1.807, 2.05) is 24.5 Å². The van der Waals surface area contributed by atoms with Crippen molar-refractivity contribution < 1.29 is 9.13 Å². The number of anilines is 1. The Labute approximate surface area is 167 Å². The van der Waals surface area contributed by atoms with E-state index in [1.54, 1.807) is 36.9 Å². The van der Waals surface area contributed by atoms with Gasteiger partial charge < -0.3 is 10.1 Å². The first kappa shape index (κ1) is 18.9. The molecule has 8 heteroatoms. The van der Waals surface area contributed by atoms with Crippen molar-refractivity contribution in [2.24, 2.45) is 0 Å². The maximum Gasteiger partial charge on any atom is 0.222 e. The normalized spacial score (nSPS) is 11.3. The predicted molar refractivity (Wildman–Crippen MR) is 109 cm³/mol. The van der Waals surface area contributed by atoms with Crippen LogP contribution in [0.2, 0.25) is 0 Å². The van der Waals surface area contributed by atoms with Gasteiger partial charge in [0.15, 0.2) is 0 Å². The quantitative estimate of drug-likeness (QED) is 0.481. The first-order valence-electron chi connectivity index (χ1n) is 9.38. The van der Waals surface area contributed by atoms with Gasteiger partial charge in [-0.05, 0) is 44.2 Å². The predicted octanol–water partition coefficient (Wildman–Crippen LogP) is 3.85. The standard InChI is InChI=1S/C21H21FN6O/c1-14(2)29-10-9-24-21-25-11-15(12-26-21)20-27-18-7-8-23-13-19(18)28(20)17-5-3-16(22)4-6-17/h3-8,11-14H,9-10H2,1-2H3,(H,24,25,26). The highest BCUT2D eigenvalue weighted by Gasteiger charge is 2.15. The molecule has 0 aliphatic carbocycles. The lowest BCUT2D eigenvalue weighted by Gasteiger charge is -2.10. The summed E-state index contributed by atoms with van der Waals surface area (Å²) in [6, 6.07) is 8.09. The molecule has 29 heavy (non-hydrogen) atoms. The van der Waals surface area contributed by atoms with Crippen LogP contribution in [-0.2, 0) is 4.74 Å². The number of hydrogen-bond donors (Lipinski definition) is 1. The lowest BCUT2D eigenvalue weighted by atomic mass is 10.2. The molecule has 0 aliphatic heterocycles. The van der Waals surface area contributed by atoms with Crippen LogP contribution >= 0.6 is 0 Å². The van der Waals surface area contributed by atoms with Gasteiger partial charge in [-0.2, -0.15) is 0 Å². The number of rotatable bonds is 7. The van der Waals surface area contributed by atoms with Crippen LogP contribution in [0.3, 0.4) is 0 Å². The maximum absolute atomic E-state index is 13.4. The van der Waals surface area contributed by atoms with E-state index in [-0.39, 0.29) is 11.9 Å². The zero-order valence-electron chi connectivity index (χ0n) is 16.2. The van der Waals surface area contributed by atoms with E-state index in [1.165, 1.54) is 12.1 Å². The average Bonchev–Trinajstić information content (AvgIpc) is 3.12. The van der Waals surface area contributed by atoms with Crippen molar-refractivity contribution >= 4 is 17.0 Å². The van der Waals surface area contributed by atoms with Crippen LogP contribution in [0, 0.1) is 5.82 Å². The van der Waals surface area contributed by atoms with Crippen LogP contribution in [-0.4, -0.2) is 43.8 Å². The fourth-order valence-corrected chi connectivity index (χ4v) is 2.96. The third-order valence-electron chi connectivity index (χ3n) is 4.29. The number of ether oxygens (including phenoxy) is 1. The van der Waals surface area contributed by atoms with Crippen molar-refractivity contribution in [1.82, 2.24) is 24.5 Å². The number of nitrogens with one attached hydrogen (secondary N) is 1. The molecule has 4 rings (SSSR count). The Hall–Kier alpha value is -3.39. The summed E-state index contributed by atoms with van der Waals surface area (Å²) in [5, 5.41) is 3.13. The van der Waals surface area contributed by atoms with E-state index in [9.17, 15) is 4.39 Å². The van der Waals surface area contributed by atoms with E-state index in [2.05, 4.69) is 20.3 Å². The molecule has 0 radical (unpaired) electrons. The molecule has 0 amide bonds. The molecule has 0 saturated carbocycles. The summed E-state index contributed by atoms with van der Waals surface area (Å²) in [4.78, 5) is 17.7. The highest BCUT2D eigenvalue weighted by atomic mass is 19.1. The van der Waals surface area contributed by atoms with E-state index in [0.29, 0.717) is 24.9 Å². The minimum absolute atomic E-state index is 0.189. The summed E-state index contributed by atoms with van der Waals surface area (Å²) >= 11 is 0. The Morgan fingerprint density at radius 1 is 1.07 bits per heavy atom. The van der Waals surface area contributed by atoms with Crippen molar-refractivity contribution in [2.45, 2.75) is 20.0 Å². The monoisotopic (exact) mass is 392 g/mol. The average molecular weight is 392 g/mol. The lowest BCUT2D eigenvalue weighted by molar-refractivity contribution is 0.0870. The van der Waals surface area contributed by atoms with Gasteiger partial charge in [-0.1, -0.05) is 0 Å². The van der Waals surface area contributed by atoms with Crippen molar-refractivity contribution in [3.05, 3.63) is 60.9 Å². The number of imidazole rings is 1. The second-order valence-electron chi connectivity index (χ2n) is 6.75. The van der Waals surface area contributed by atoms with Gasteiger partial charge >= 0.3 is 0 Å². The Kier molecular flexibility index (Phi) is 5.44. The third kappa shape index (κ3) is 4.22. The number of halogens is 1. The van der Waals surface area contributed by atoms with Crippen LogP contribution in [0.4, 0.5) is 10.3 Å². The number of aromatic nitrogens is 5. The number of pyridine rings is 1. The van der Waals surface area contributed by atoms with Crippen molar-refractivity contribution in [1.29, 1.82) is 0 Å². The van der Waals surface area contributed by atoms with Gasteiger partial charge in [-0.3, -0.25) is 9.55 Å². The molecular formula is C21H21FN6O. The van der Waals surface area contributed by atoms with Gasteiger partial charge in [0.2, 0.25) is 5.95 Å². The molecule has 148 valence electrons. The summed E-state index contributed by atoms with van der Waals surface area (Å²) in [5.74, 6) is 0.888. The SMILES string of the molecule is CC(C)OCCNc1ncc(-c2nc3ccncc3n2-c2ccc(F)cc2)cn1. The molecule has 4 aromatic rings. The van der Waals surface area contributed by atoms with Gasteiger partial charge in [-0.15, -0.1) is 0 Å². The Morgan fingerprint density at radius 3 is 2.55 bits per heavy atom. The van der Waals surface area contributed by atoms with Crippen LogP contribution in [0.25, 0.3) is 28.1 Å². The Bertz CT molecular complexity index is 1090. The minimum atomic E-state index is -0.293. The maximum atomic E-state index is 13.4. The van der Waals surface area contributed by atoms with Gasteiger partial charge in [-0.25, -0.2) is 19.3 Å². The van der Waals surface area contributed by atoms with Crippen LogP contribution < -0.4 is 5.32 Å².